The summed E-state index contributed by atoms with van der Waals surface area (Å²) in [7, 11) is 0. The van der Waals surface area contributed by atoms with Crippen LogP contribution in [0.15, 0.2) is 0 Å². The largest absolute Gasteiger partial charge is 0.479 e. The molecule has 0 spiro atoms. The van der Waals surface area contributed by atoms with E-state index in [0.717, 1.165) is 0 Å². The van der Waals surface area contributed by atoms with Gasteiger partial charge in [0.2, 0.25) is 0 Å². The predicted octanol–water partition coefficient (Wildman–Crippen LogP) is -0.692. The predicted molar refractivity (Wildman–Crippen MR) is 42.3 cm³/mol. The molecule has 4 atom stereocenters. The molecular formula is C8H12O6. The van der Waals surface area contributed by atoms with Crippen molar-refractivity contribution in [1.29, 1.82) is 0 Å². The monoisotopic (exact) mass is 204 g/mol. The Morgan fingerprint density at radius 2 is 1.86 bits per heavy atom. The van der Waals surface area contributed by atoms with Gasteiger partial charge in [-0.15, -0.1) is 0 Å². The first-order valence-electron chi connectivity index (χ1n) is 4.33. The molecule has 0 radical (unpaired) electrons. The summed E-state index contributed by atoms with van der Waals surface area (Å²) in [6, 6.07) is 0. The zero-order valence-corrected chi connectivity index (χ0v) is 7.84. The highest BCUT2D eigenvalue weighted by molar-refractivity contribution is 5.73. The lowest BCUT2D eigenvalue weighted by atomic mass is 10.1. The highest BCUT2D eigenvalue weighted by Crippen LogP contribution is 2.37. The van der Waals surface area contributed by atoms with Gasteiger partial charge in [-0.1, -0.05) is 0 Å². The van der Waals surface area contributed by atoms with E-state index in [1.54, 1.807) is 13.8 Å². The second kappa shape index (κ2) is 2.90. The molecule has 0 aliphatic carbocycles. The average Bonchev–Trinajstić information content (AvgIpc) is 2.47. The number of fused-ring (bicyclic) bond motifs is 1. The molecule has 0 aromatic rings. The van der Waals surface area contributed by atoms with Gasteiger partial charge in [-0.3, -0.25) is 0 Å². The number of ether oxygens (including phenoxy) is 3. The number of hydrogen-bond donors (Lipinski definition) is 2. The molecule has 2 saturated heterocycles. The SMILES string of the molecule is CC1(C)O[C@@H]2[C@H](O1)[C@@H](C(=O)O)O[C@H]2O. The maximum Gasteiger partial charge on any atom is 0.335 e. The van der Waals surface area contributed by atoms with E-state index in [0.29, 0.717) is 0 Å². The summed E-state index contributed by atoms with van der Waals surface area (Å²) in [4.78, 5) is 10.7. The van der Waals surface area contributed by atoms with E-state index in [2.05, 4.69) is 0 Å². The van der Waals surface area contributed by atoms with Gasteiger partial charge in [0.25, 0.3) is 0 Å². The molecule has 2 heterocycles. The van der Waals surface area contributed by atoms with Gasteiger partial charge in [-0.05, 0) is 13.8 Å². The first-order chi connectivity index (χ1) is 6.41. The molecule has 2 aliphatic heterocycles. The average molecular weight is 204 g/mol. The van der Waals surface area contributed by atoms with Crippen LogP contribution in [-0.2, 0) is 19.0 Å². The van der Waals surface area contributed by atoms with Crippen molar-refractivity contribution in [3.8, 4) is 0 Å². The number of carboxylic acids is 1. The van der Waals surface area contributed by atoms with Gasteiger partial charge in [0.1, 0.15) is 12.2 Å². The second-order valence-corrected chi connectivity index (χ2v) is 3.85. The fourth-order valence-corrected chi connectivity index (χ4v) is 1.78. The van der Waals surface area contributed by atoms with Crippen LogP contribution < -0.4 is 0 Å². The minimum atomic E-state index is -1.23. The number of rotatable bonds is 1. The fraction of sp³-hybridized carbons (Fsp3) is 0.875. The summed E-state index contributed by atoms with van der Waals surface area (Å²) in [5, 5.41) is 18.1. The number of hydrogen-bond acceptors (Lipinski definition) is 5. The van der Waals surface area contributed by atoms with E-state index in [9.17, 15) is 9.90 Å². The van der Waals surface area contributed by atoms with Gasteiger partial charge in [0.15, 0.2) is 18.2 Å². The number of aliphatic carboxylic acids is 1. The third-order valence-electron chi connectivity index (χ3n) is 2.27. The summed E-state index contributed by atoms with van der Waals surface area (Å²) in [6.45, 7) is 3.33. The van der Waals surface area contributed by atoms with Gasteiger partial charge in [-0.25, -0.2) is 4.79 Å². The highest BCUT2D eigenvalue weighted by Gasteiger charge is 2.57. The van der Waals surface area contributed by atoms with Crippen molar-refractivity contribution in [3.05, 3.63) is 0 Å². The molecule has 0 aromatic carbocycles. The highest BCUT2D eigenvalue weighted by atomic mass is 16.8. The third-order valence-corrected chi connectivity index (χ3v) is 2.27. The van der Waals surface area contributed by atoms with Crippen molar-refractivity contribution in [2.75, 3.05) is 0 Å². The molecule has 6 nitrogen and oxygen atoms in total. The van der Waals surface area contributed by atoms with Crippen molar-refractivity contribution in [3.63, 3.8) is 0 Å². The van der Waals surface area contributed by atoms with Crippen molar-refractivity contribution in [2.45, 2.75) is 44.2 Å². The number of aliphatic hydroxyl groups is 1. The quantitative estimate of drug-likeness (QED) is 0.588. The Balaban J connectivity index is 2.19. The topological polar surface area (TPSA) is 85.2 Å². The molecule has 6 heteroatoms. The Labute approximate surface area is 80.4 Å². The zero-order valence-electron chi connectivity index (χ0n) is 7.84. The smallest absolute Gasteiger partial charge is 0.335 e. The normalized spacial score (nSPS) is 45.1. The maximum absolute atomic E-state index is 10.7. The zero-order chi connectivity index (χ0) is 10.5. The molecule has 2 fully saturated rings. The maximum atomic E-state index is 10.7. The summed E-state index contributed by atoms with van der Waals surface area (Å²) in [6.07, 6.45) is -3.84. The van der Waals surface area contributed by atoms with E-state index in [4.69, 9.17) is 19.3 Å². The fourth-order valence-electron chi connectivity index (χ4n) is 1.78. The van der Waals surface area contributed by atoms with E-state index in [1.165, 1.54) is 0 Å². The van der Waals surface area contributed by atoms with Crippen LogP contribution in [0.2, 0.25) is 0 Å². The van der Waals surface area contributed by atoms with Gasteiger partial charge in [0, 0.05) is 0 Å². The van der Waals surface area contributed by atoms with Crippen LogP contribution in [0.4, 0.5) is 0 Å². The molecule has 14 heavy (non-hydrogen) atoms. The van der Waals surface area contributed by atoms with Gasteiger partial charge >= 0.3 is 5.97 Å². The summed E-state index contributed by atoms with van der Waals surface area (Å²) >= 11 is 0. The van der Waals surface area contributed by atoms with Crippen LogP contribution in [-0.4, -0.2) is 46.6 Å². The van der Waals surface area contributed by atoms with E-state index in [1.807, 2.05) is 0 Å². The van der Waals surface area contributed by atoms with Crippen molar-refractivity contribution in [2.24, 2.45) is 0 Å². The minimum absolute atomic E-state index is 0.717. The van der Waals surface area contributed by atoms with E-state index < -0.39 is 36.4 Å². The molecule has 0 amide bonds. The molecule has 0 aromatic heterocycles. The van der Waals surface area contributed by atoms with Gasteiger partial charge in [-0.2, -0.15) is 0 Å². The molecule has 80 valence electrons. The van der Waals surface area contributed by atoms with Crippen molar-refractivity contribution in [1.82, 2.24) is 0 Å². The third kappa shape index (κ3) is 1.40. The Morgan fingerprint density at radius 3 is 2.43 bits per heavy atom. The van der Waals surface area contributed by atoms with Crippen molar-refractivity contribution >= 4 is 5.97 Å². The minimum Gasteiger partial charge on any atom is -0.479 e. The van der Waals surface area contributed by atoms with E-state index >= 15 is 0 Å². The molecule has 2 aliphatic rings. The Hall–Kier alpha value is -0.690. The molecular weight excluding hydrogens is 192 g/mol. The lowest BCUT2D eigenvalue weighted by molar-refractivity contribution is -0.222. The number of carbonyl (C=O) groups is 1. The molecule has 0 bridgehead atoms. The summed E-state index contributed by atoms with van der Waals surface area (Å²) in [5.41, 5.74) is 0. The van der Waals surface area contributed by atoms with Crippen LogP contribution in [0.1, 0.15) is 13.8 Å². The van der Waals surface area contributed by atoms with Crippen LogP contribution in [0, 0.1) is 0 Å². The Morgan fingerprint density at radius 1 is 1.29 bits per heavy atom. The Bertz CT molecular complexity index is 263. The standard InChI is InChI=1S/C8H12O6/c1-8(2)13-3-4(6(9)10)12-7(11)5(3)14-8/h3-5,7,11H,1-2H3,(H,9,10)/t3-,4+,5-,7-/m1/s1. The van der Waals surface area contributed by atoms with Crippen LogP contribution in [0.3, 0.4) is 0 Å². The molecule has 2 rings (SSSR count). The summed E-state index contributed by atoms with van der Waals surface area (Å²) in [5.74, 6) is -2.02. The second-order valence-electron chi connectivity index (χ2n) is 3.85. The van der Waals surface area contributed by atoms with Gasteiger partial charge in [0.05, 0.1) is 0 Å². The molecule has 0 unspecified atom stereocenters. The first kappa shape index (κ1) is 9.85. The molecule has 2 N–H and O–H groups in total. The van der Waals surface area contributed by atoms with Crippen LogP contribution in [0.5, 0.6) is 0 Å². The number of carboxylic acid groups (broad SMARTS) is 1. The van der Waals surface area contributed by atoms with Crippen LogP contribution >= 0.6 is 0 Å². The lowest BCUT2D eigenvalue weighted by Gasteiger charge is -2.20. The van der Waals surface area contributed by atoms with Crippen LogP contribution in [0.25, 0.3) is 0 Å². The Kier molecular flexibility index (Phi) is 2.04. The van der Waals surface area contributed by atoms with Crippen molar-refractivity contribution < 1.29 is 29.2 Å². The van der Waals surface area contributed by atoms with Gasteiger partial charge < -0.3 is 24.4 Å². The summed E-state index contributed by atoms with van der Waals surface area (Å²) < 4.78 is 15.4. The lowest BCUT2D eigenvalue weighted by Crippen LogP contribution is -2.35. The number of aliphatic hydroxyl groups excluding tert-OH is 1. The first-order valence-corrected chi connectivity index (χ1v) is 4.33. The molecule has 0 saturated carbocycles. The van der Waals surface area contributed by atoms with E-state index in [-0.39, 0.29) is 0 Å².